The molecule has 0 saturated carbocycles. The van der Waals surface area contributed by atoms with Crippen LogP contribution in [0.1, 0.15) is 11.3 Å². The Morgan fingerprint density at radius 3 is 2.35 bits per heavy atom. The first kappa shape index (κ1) is 15.4. The van der Waals surface area contributed by atoms with Crippen LogP contribution >= 0.6 is 11.8 Å². The molecule has 114 valence electrons. The summed E-state index contributed by atoms with van der Waals surface area (Å²) in [5.74, 6) is 1.13. The Balaban J connectivity index is 1.89. The lowest BCUT2D eigenvalue weighted by atomic mass is 10.1. The molecule has 23 heavy (non-hydrogen) atoms. The van der Waals surface area contributed by atoms with Gasteiger partial charge in [0.25, 0.3) is 0 Å². The van der Waals surface area contributed by atoms with Crippen molar-refractivity contribution in [3.63, 3.8) is 0 Å². The van der Waals surface area contributed by atoms with Crippen LogP contribution in [0, 0.1) is 0 Å². The number of hydrogen-bond donors (Lipinski definition) is 0. The number of hydrogen-bond acceptors (Lipinski definition) is 3. The van der Waals surface area contributed by atoms with Crippen LogP contribution in [0.2, 0.25) is 0 Å². The van der Waals surface area contributed by atoms with Gasteiger partial charge in [0, 0.05) is 22.6 Å². The molecule has 0 fully saturated rings. The fourth-order valence-corrected chi connectivity index (χ4v) is 2.63. The van der Waals surface area contributed by atoms with Crippen LogP contribution < -0.4 is 5.43 Å². The minimum absolute atomic E-state index is 0.0625. The maximum atomic E-state index is 11.9. The molecule has 2 aromatic carbocycles. The Kier molecular flexibility index (Phi) is 4.79. The molecule has 1 aromatic heterocycles. The van der Waals surface area contributed by atoms with Gasteiger partial charge in [0.15, 0.2) is 5.43 Å². The van der Waals surface area contributed by atoms with E-state index < -0.39 is 0 Å². The molecule has 0 aliphatic heterocycles. The molecule has 1 heterocycles. The van der Waals surface area contributed by atoms with E-state index in [1.165, 1.54) is 17.0 Å². The third kappa shape index (κ3) is 4.02. The van der Waals surface area contributed by atoms with E-state index in [-0.39, 0.29) is 5.43 Å². The zero-order valence-electron chi connectivity index (χ0n) is 12.7. The topological polar surface area (TPSA) is 30.2 Å². The molecule has 3 rings (SSSR count). The molecule has 0 bridgehead atoms. The second kappa shape index (κ2) is 7.16. The van der Waals surface area contributed by atoms with Gasteiger partial charge in [0.1, 0.15) is 11.5 Å². The monoisotopic (exact) mass is 320 g/mol. The third-order valence-corrected chi connectivity index (χ3v) is 4.14. The van der Waals surface area contributed by atoms with Crippen LogP contribution in [-0.2, 0) is 0 Å². The Morgan fingerprint density at radius 1 is 0.913 bits per heavy atom. The van der Waals surface area contributed by atoms with E-state index in [0.717, 1.165) is 11.1 Å². The van der Waals surface area contributed by atoms with E-state index >= 15 is 0 Å². The Hall–Kier alpha value is -2.52. The molecule has 2 nitrogen and oxygen atoms in total. The summed E-state index contributed by atoms with van der Waals surface area (Å²) < 4.78 is 5.82. The average molecular weight is 320 g/mol. The summed E-state index contributed by atoms with van der Waals surface area (Å²) in [5, 5.41) is 0. The van der Waals surface area contributed by atoms with Crippen molar-refractivity contribution in [3.05, 3.63) is 88.3 Å². The van der Waals surface area contributed by atoms with Crippen molar-refractivity contribution in [2.45, 2.75) is 4.90 Å². The highest BCUT2D eigenvalue weighted by Crippen LogP contribution is 2.20. The lowest BCUT2D eigenvalue weighted by Gasteiger charge is -2.02. The highest BCUT2D eigenvalue weighted by Gasteiger charge is 2.02. The number of thioether (sulfide) groups is 1. The van der Waals surface area contributed by atoms with Crippen LogP contribution in [0.25, 0.3) is 23.5 Å². The molecule has 3 aromatic rings. The van der Waals surface area contributed by atoms with E-state index in [0.29, 0.717) is 11.5 Å². The normalized spacial score (nSPS) is 11.0. The summed E-state index contributed by atoms with van der Waals surface area (Å²) in [6.45, 7) is 0. The quantitative estimate of drug-likeness (QED) is 0.619. The Labute approximate surface area is 139 Å². The van der Waals surface area contributed by atoms with Gasteiger partial charge < -0.3 is 4.42 Å². The molecular formula is C20H16O2S. The van der Waals surface area contributed by atoms with Crippen LogP contribution in [0.5, 0.6) is 0 Å². The first-order chi connectivity index (χ1) is 11.2. The first-order valence-corrected chi connectivity index (χ1v) is 8.50. The predicted molar refractivity (Wildman–Crippen MR) is 97.6 cm³/mol. The summed E-state index contributed by atoms with van der Waals surface area (Å²) in [6.07, 6.45) is 5.81. The van der Waals surface area contributed by atoms with Gasteiger partial charge in [-0.15, -0.1) is 11.8 Å². The fourth-order valence-electron chi connectivity index (χ4n) is 2.22. The summed E-state index contributed by atoms with van der Waals surface area (Å²) in [6, 6.07) is 20.9. The molecule has 0 amide bonds. The lowest BCUT2D eigenvalue weighted by molar-refractivity contribution is 0.554. The molecule has 0 spiro atoms. The van der Waals surface area contributed by atoms with Gasteiger partial charge in [0.2, 0.25) is 0 Å². The summed E-state index contributed by atoms with van der Waals surface area (Å²) in [5.41, 5.74) is 1.90. The van der Waals surface area contributed by atoms with Crippen molar-refractivity contribution in [2.75, 3.05) is 6.26 Å². The van der Waals surface area contributed by atoms with Crippen molar-refractivity contribution < 1.29 is 4.42 Å². The molecular weight excluding hydrogens is 304 g/mol. The van der Waals surface area contributed by atoms with Gasteiger partial charge in [-0.25, -0.2) is 0 Å². The van der Waals surface area contributed by atoms with Crippen molar-refractivity contribution in [3.8, 4) is 11.3 Å². The van der Waals surface area contributed by atoms with Gasteiger partial charge in [0.05, 0.1) is 0 Å². The van der Waals surface area contributed by atoms with Gasteiger partial charge in [-0.3, -0.25) is 4.79 Å². The van der Waals surface area contributed by atoms with Gasteiger partial charge in [-0.05, 0) is 30.0 Å². The minimum atomic E-state index is -0.0625. The highest BCUT2D eigenvalue weighted by molar-refractivity contribution is 7.98. The van der Waals surface area contributed by atoms with E-state index in [1.807, 2.05) is 54.6 Å². The molecule has 3 heteroatoms. The predicted octanol–water partition coefficient (Wildman–Crippen LogP) is 5.20. The second-order valence-electron chi connectivity index (χ2n) is 5.03. The summed E-state index contributed by atoms with van der Waals surface area (Å²) in [4.78, 5) is 13.1. The maximum Gasteiger partial charge on any atom is 0.186 e. The van der Waals surface area contributed by atoms with E-state index in [4.69, 9.17) is 4.42 Å². The van der Waals surface area contributed by atoms with E-state index in [9.17, 15) is 4.79 Å². The number of rotatable bonds is 4. The van der Waals surface area contributed by atoms with Gasteiger partial charge in [-0.1, -0.05) is 48.5 Å². The van der Waals surface area contributed by atoms with Crippen molar-refractivity contribution in [1.29, 1.82) is 0 Å². The SMILES string of the molecule is CSc1ccc(/C=C/c2cc(=O)cc(-c3ccccc3)o2)cc1. The molecule has 0 saturated heterocycles. The minimum Gasteiger partial charge on any atom is -0.456 e. The van der Waals surface area contributed by atoms with Gasteiger partial charge >= 0.3 is 0 Å². The molecule has 0 aliphatic rings. The maximum absolute atomic E-state index is 11.9. The Bertz CT molecular complexity index is 862. The van der Waals surface area contributed by atoms with Crippen molar-refractivity contribution in [1.82, 2.24) is 0 Å². The van der Waals surface area contributed by atoms with Crippen molar-refractivity contribution in [2.24, 2.45) is 0 Å². The zero-order valence-corrected chi connectivity index (χ0v) is 13.5. The highest BCUT2D eigenvalue weighted by atomic mass is 32.2. The van der Waals surface area contributed by atoms with Gasteiger partial charge in [-0.2, -0.15) is 0 Å². The third-order valence-electron chi connectivity index (χ3n) is 3.40. The average Bonchev–Trinajstić information content (AvgIpc) is 2.61. The van der Waals surface area contributed by atoms with E-state index in [1.54, 1.807) is 11.8 Å². The molecule has 0 unspecified atom stereocenters. The van der Waals surface area contributed by atoms with E-state index in [2.05, 4.69) is 18.4 Å². The molecule has 0 N–H and O–H groups in total. The largest absolute Gasteiger partial charge is 0.456 e. The van der Waals surface area contributed by atoms with Crippen molar-refractivity contribution >= 4 is 23.9 Å². The fraction of sp³-hybridized carbons (Fsp3) is 0.0500. The van der Waals surface area contributed by atoms with Crippen LogP contribution in [0.15, 0.2) is 80.8 Å². The van der Waals surface area contributed by atoms with Crippen LogP contribution in [0.3, 0.4) is 0 Å². The first-order valence-electron chi connectivity index (χ1n) is 7.27. The number of benzene rings is 2. The van der Waals surface area contributed by atoms with Crippen LogP contribution in [0.4, 0.5) is 0 Å². The molecule has 0 aliphatic carbocycles. The smallest absolute Gasteiger partial charge is 0.186 e. The lowest BCUT2D eigenvalue weighted by Crippen LogP contribution is -1.98. The second-order valence-corrected chi connectivity index (χ2v) is 5.91. The summed E-state index contributed by atoms with van der Waals surface area (Å²) >= 11 is 1.71. The Morgan fingerprint density at radius 2 is 1.65 bits per heavy atom. The van der Waals surface area contributed by atoms with Crippen LogP contribution in [-0.4, -0.2) is 6.26 Å². The summed E-state index contributed by atoms with van der Waals surface area (Å²) in [7, 11) is 0. The standard InChI is InChI=1S/C20H16O2S/c1-23-19-11-8-15(9-12-19)7-10-18-13-17(21)14-20(22-18)16-5-3-2-4-6-16/h2-14H,1H3/b10-7+. The zero-order chi connectivity index (χ0) is 16.1. The molecule has 0 atom stereocenters. The molecule has 0 radical (unpaired) electrons.